The first kappa shape index (κ1) is 24.6. The van der Waals surface area contributed by atoms with E-state index in [1.54, 1.807) is 18.2 Å². The number of halogens is 2. The van der Waals surface area contributed by atoms with Crippen LogP contribution in [-0.4, -0.2) is 48.9 Å². The molecule has 0 bridgehead atoms. The smallest absolute Gasteiger partial charge is 0.257 e. The van der Waals surface area contributed by atoms with Crippen molar-refractivity contribution in [2.75, 3.05) is 43.2 Å². The van der Waals surface area contributed by atoms with Gasteiger partial charge in [-0.2, -0.15) is 0 Å². The third-order valence-corrected chi connectivity index (χ3v) is 6.86. The Morgan fingerprint density at radius 1 is 0.917 bits per heavy atom. The lowest BCUT2D eigenvalue weighted by atomic mass is 10.2. The topological polar surface area (TPSA) is 66.1 Å². The maximum Gasteiger partial charge on any atom is 0.257 e. The monoisotopic (exact) mass is 542 g/mol. The van der Waals surface area contributed by atoms with Crippen molar-refractivity contribution in [1.82, 2.24) is 10.2 Å². The Balaban J connectivity index is 1.13. The molecule has 3 aromatic rings. The molecule has 0 aromatic heterocycles. The molecule has 3 aromatic carbocycles. The molecule has 1 amide bonds. The van der Waals surface area contributed by atoms with E-state index in [1.807, 2.05) is 30.3 Å². The predicted molar refractivity (Wildman–Crippen MR) is 147 cm³/mol. The van der Waals surface area contributed by atoms with Gasteiger partial charge in [0, 0.05) is 49.0 Å². The van der Waals surface area contributed by atoms with Crippen LogP contribution < -0.4 is 25.0 Å². The molecule has 10 heteroatoms. The molecule has 0 atom stereocenters. The largest absolute Gasteiger partial charge is 0.454 e. The van der Waals surface area contributed by atoms with Crippen LogP contribution in [0.15, 0.2) is 60.7 Å². The fourth-order valence-electron chi connectivity index (χ4n) is 4.21. The van der Waals surface area contributed by atoms with Gasteiger partial charge >= 0.3 is 0 Å². The molecular weight excluding hydrogens is 519 g/mol. The number of piperazine rings is 1. The van der Waals surface area contributed by atoms with Gasteiger partial charge in [0.25, 0.3) is 5.91 Å². The molecule has 2 heterocycles. The minimum Gasteiger partial charge on any atom is -0.454 e. The zero-order chi connectivity index (χ0) is 25.1. The third kappa shape index (κ3) is 5.84. The Morgan fingerprint density at radius 2 is 1.67 bits per heavy atom. The normalized spacial score (nSPS) is 15.0. The van der Waals surface area contributed by atoms with Crippen molar-refractivity contribution in [1.29, 1.82) is 0 Å². The van der Waals surface area contributed by atoms with Crippen LogP contribution in [0.3, 0.4) is 0 Å². The van der Waals surface area contributed by atoms with Gasteiger partial charge in [-0.05, 0) is 66.3 Å². The van der Waals surface area contributed by atoms with Crippen molar-refractivity contribution < 1.29 is 14.3 Å². The number of rotatable bonds is 5. The summed E-state index contributed by atoms with van der Waals surface area (Å²) in [5, 5.41) is 7.26. The molecule has 0 radical (unpaired) electrons. The summed E-state index contributed by atoms with van der Waals surface area (Å²) in [6, 6.07) is 18.7. The minimum atomic E-state index is -0.343. The molecule has 0 unspecified atom stereocenters. The van der Waals surface area contributed by atoms with Crippen molar-refractivity contribution in [2.24, 2.45) is 0 Å². The van der Waals surface area contributed by atoms with Crippen LogP contribution in [0.4, 0.5) is 11.4 Å². The number of thiocarbonyl (C=S) groups is 1. The SMILES string of the molecule is O=C(NC(=S)Nc1ccc(N2CCN(Cc3ccc(Cl)cc3)CC2)c(Cl)c1)c1ccc2c(c1)OCO2. The molecule has 5 rings (SSSR count). The highest BCUT2D eigenvalue weighted by atomic mass is 35.5. The average molecular weight is 543 g/mol. The van der Waals surface area contributed by atoms with E-state index in [1.165, 1.54) is 5.56 Å². The Hall–Kier alpha value is -3.04. The number of nitrogens with zero attached hydrogens (tertiary/aromatic N) is 2. The Morgan fingerprint density at radius 3 is 2.42 bits per heavy atom. The van der Waals surface area contributed by atoms with E-state index in [0.29, 0.717) is 27.8 Å². The number of hydrogen-bond acceptors (Lipinski definition) is 6. The Labute approximate surface area is 224 Å². The molecule has 186 valence electrons. The summed E-state index contributed by atoms with van der Waals surface area (Å²) in [6.45, 7) is 4.69. The quantitative estimate of drug-likeness (QED) is 0.431. The van der Waals surface area contributed by atoms with Crippen LogP contribution in [0.5, 0.6) is 11.5 Å². The van der Waals surface area contributed by atoms with Crippen molar-refractivity contribution in [3.63, 3.8) is 0 Å². The second-order valence-corrected chi connectivity index (χ2v) is 9.78. The summed E-state index contributed by atoms with van der Waals surface area (Å²) in [5.41, 5.74) is 3.35. The van der Waals surface area contributed by atoms with Gasteiger partial charge < -0.3 is 19.7 Å². The van der Waals surface area contributed by atoms with Gasteiger partial charge in [-0.25, -0.2) is 0 Å². The molecular formula is C26H24Cl2N4O3S. The molecule has 2 aliphatic rings. The van der Waals surface area contributed by atoms with Crippen molar-refractivity contribution in [3.8, 4) is 11.5 Å². The number of benzene rings is 3. The first-order chi connectivity index (χ1) is 17.4. The van der Waals surface area contributed by atoms with Crippen LogP contribution in [0.1, 0.15) is 15.9 Å². The first-order valence-corrected chi connectivity index (χ1v) is 12.6. The number of carbonyl (C=O) groups excluding carboxylic acids is 1. The maximum atomic E-state index is 12.6. The van der Waals surface area contributed by atoms with Crippen molar-refractivity contribution in [3.05, 3.63) is 81.8 Å². The lowest BCUT2D eigenvalue weighted by Gasteiger charge is -2.36. The van der Waals surface area contributed by atoms with Crippen molar-refractivity contribution in [2.45, 2.75) is 6.54 Å². The standard InChI is InChI=1S/C26H24Cl2N4O3S/c27-19-4-1-17(2-5-19)15-31-9-11-32(12-10-31)22-7-6-20(14-21(22)28)29-26(36)30-25(33)18-3-8-23-24(13-18)35-16-34-23/h1-8,13-14H,9-12,15-16H2,(H2,29,30,33,36). The highest BCUT2D eigenvalue weighted by molar-refractivity contribution is 7.80. The van der Waals surface area contributed by atoms with E-state index in [9.17, 15) is 4.79 Å². The summed E-state index contributed by atoms with van der Waals surface area (Å²) in [6.07, 6.45) is 0. The molecule has 0 spiro atoms. The molecule has 1 fully saturated rings. The van der Waals surface area contributed by atoms with E-state index in [0.717, 1.165) is 43.4 Å². The molecule has 0 aliphatic carbocycles. The number of carbonyl (C=O) groups is 1. The second kappa shape index (κ2) is 10.9. The maximum absolute atomic E-state index is 12.6. The first-order valence-electron chi connectivity index (χ1n) is 11.5. The fourth-order valence-corrected chi connectivity index (χ4v) is 4.85. The van der Waals surface area contributed by atoms with Crippen LogP contribution in [0.25, 0.3) is 0 Å². The summed E-state index contributed by atoms with van der Waals surface area (Å²) in [7, 11) is 0. The Kier molecular flexibility index (Phi) is 7.48. The van der Waals surface area contributed by atoms with Gasteiger partial charge in [0.15, 0.2) is 16.6 Å². The molecule has 2 aliphatic heterocycles. The fraction of sp³-hybridized carbons (Fsp3) is 0.231. The van der Waals surface area contributed by atoms with E-state index in [2.05, 4.69) is 32.6 Å². The molecule has 7 nitrogen and oxygen atoms in total. The van der Waals surface area contributed by atoms with Gasteiger partial charge in [0.05, 0.1) is 10.7 Å². The minimum absolute atomic E-state index is 0.149. The number of nitrogens with one attached hydrogen (secondary N) is 2. The lowest BCUT2D eigenvalue weighted by Crippen LogP contribution is -2.46. The van der Waals surface area contributed by atoms with E-state index in [-0.39, 0.29) is 17.8 Å². The number of fused-ring (bicyclic) bond motifs is 1. The zero-order valence-electron chi connectivity index (χ0n) is 19.3. The molecule has 36 heavy (non-hydrogen) atoms. The Bertz CT molecular complexity index is 1280. The van der Waals surface area contributed by atoms with Gasteiger partial charge in [0.1, 0.15) is 0 Å². The van der Waals surface area contributed by atoms with Crippen molar-refractivity contribution >= 4 is 57.8 Å². The van der Waals surface area contributed by atoms with E-state index < -0.39 is 0 Å². The molecule has 2 N–H and O–H groups in total. The van der Waals surface area contributed by atoms with Gasteiger partial charge in [-0.15, -0.1) is 0 Å². The number of ether oxygens (including phenoxy) is 2. The highest BCUT2D eigenvalue weighted by Gasteiger charge is 2.20. The van der Waals surface area contributed by atoms with Crippen LogP contribution in [-0.2, 0) is 6.54 Å². The average Bonchev–Trinajstić information content (AvgIpc) is 3.34. The highest BCUT2D eigenvalue weighted by Crippen LogP contribution is 2.33. The summed E-state index contributed by atoms with van der Waals surface area (Å²) >= 11 is 17.9. The second-order valence-electron chi connectivity index (χ2n) is 8.53. The number of amides is 1. The molecule has 0 saturated carbocycles. The summed E-state index contributed by atoms with van der Waals surface area (Å²) < 4.78 is 10.6. The predicted octanol–water partition coefficient (Wildman–Crippen LogP) is 5.17. The number of hydrogen-bond donors (Lipinski definition) is 2. The summed E-state index contributed by atoms with van der Waals surface area (Å²) in [4.78, 5) is 17.3. The van der Waals surface area contributed by atoms with Crippen LogP contribution in [0.2, 0.25) is 10.0 Å². The molecule has 1 saturated heterocycles. The van der Waals surface area contributed by atoms with Gasteiger partial charge in [-0.1, -0.05) is 35.3 Å². The van der Waals surface area contributed by atoms with Gasteiger partial charge in [0.2, 0.25) is 6.79 Å². The lowest BCUT2D eigenvalue weighted by molar-refractivity contribution is 0.0977. The van der Waals surface area contributed by atoms with E-state index >= 15 is 0 Å². The third-order valence-electron chi connectivity index (χ3n) is 6.10. The number of anilines is 2. The van der Waals surface area contributed by atoms with Crippen LogP contribution >= 0.6 is 35.4 Å². The zero-order valence-corrected chi connectivity index (χ0v) is 21.6. The summed E-state index contributed by atoms with van der Waals surface area (Å²) in [5.74, 6) is 0.810. The van der Waals surface area contributed by atoms with E-state index in [4.69, 9.17) is 44.9 Å². The van der Waals surface area contributed by atoms with Gasteiger partial charge in [-0.3, -0.25) is 15.0 Å². The van der Waals surface area contributed by atoms with Crippen LogP contribution in [0, 0.1) is 0 Å².